The first-order valence-electron chi connectivity index (χ1n) is 6.64. The van der Waals surface area contributed by atoms with Crippen LogP contribution in [-0.4, -0.2) is 23.4 Å². The second kappa shape index (κ2) is 5.04. The monoisotopic (exact) mass is 303 g/mol. The summed E-state index contributed by atoms with van der Waals surface area (Å²) in [5.41, 5.74) is -0.203. The van der Waals surface area contributed by atoms with Crippen molar-refractivity contribution in [3.05, 3.63) is 58.9 Å². The number of rotatable bonds is 3. The van der Waals surface area contributed by atoms with E-state index in [0.29, 0.717) is 29.2 Å². The van der Waals surface area contributed by atoms with Crippen molar-refractivity contribution >= 4 is 23.4 Å². The number of Topliss-reactive ketones (excluding diaryl/α,β-unsaturated/α-hetero) is 1. The zero-order valence-electron chi connectivity index (χ0n) is 11.5. The van der Waals surface area contributed by atoms with E-state index < -0.39 is 11.4 Å². The highest BCUT2D eigenvalue weighted by Gasteiger charge is 2.53. The van der Waals surface area contributed by atoms with Gasteiger partial charge in [0.05, 0.1) is 12.1 Å². The number of aryl methyl sites for hydroxylation is 1. The number of nitrogens with zero attached hydrogens (tertiary/aromatic N) is 1. The molecule has 0 bridgehead atoms. The van der Waals surface area contributed by atoms with Crippen molar-refractivity contribution in [1.29, 1.82) is 0 Å². The number of ketones is 1. The van der Waals surface area contributed by atoms with Crippen LogP contribution in [0, 0.1) is 0 Å². The fourth-order valence-electron chi connectivity index (χ4n) is 2.98. The molecule has 1 aliphatic rings. The summed E-state index contributed by atoms with van der Waals surface area (Å²) in [6.07, 6.45) is 2.12. The third-order valence-electron chi connectivity index (χ3n) is 3.99. The van der Waals surface area contributed by atoms with Crippen molar-refractivity contribution in [2.75, 3.05) is 7.11 Å². The molecule has 0 saturated carbocycles. The molecule has 0 aliphatic carbocycles. The lowest BCUT2D eigenvalue weighted by Crippen LogP contribution is -2.43. The Morgan fingerprint density at radius 3 is 2.67 bits per heavy atom. The van der Waals surface area contributed by atoms with Gasteiger partial charge in [0.15, 0.2) is 11.2 Å². The number of ether oxygens (including phenoxy) is 1. The minimum absolute atomic E-state index is 0.247. The molecule has 21 heavy (non-hydrogen) atoms. The number of esters is 1. The van der Waals surface area contributed by atoms with Crippen LogP contribution in [0.4, 0.5) is 0 Å². The number of carbonyl (C=O) groups is 2. The standard InChI is InChI=1S/C16H14ClNO3/c1-21-15(20)16(14(19)11-5-3-2-4-6-11)7-8-18-10-12(17)9-13(16)18/h2-6,9-10H,7-8H2,1H3. The molecule has 0 radical (unpaired) electrons. The summed E-state index contributed by atoms with van der Waals surface area (Å²) in [4.78, 5) is 25.4. The number of methoxy groups -OCH3 is 1. The van der Waals surface area contributed by atoms with Gasteiger partial charge in [-0.1, -0.05) is 41.9 Å². The van der Waals surface area contributed by atoms with E-state index >= 15 is 0 Å². The molecule has 2 aromatic rings. The third-order valence-corrected chi connectivity index (χ3v) is 4.19. The average Bonchev–Trinajstić information content (AvgIpc) is 3.04. The number of halogens is 1. The van der Waals surface area contributed by atoms with Gasteiger partial charge < -0.3 is 9.30 Å². The Morgan fingerprint density at radius 2 is 2.00 bits per heavy atom. The molecule has 0 fully saturated rings. The van der Waals surface area contributed by atoms with Gasteiger partial charge in [-0.25, -0.2) is 0 Å². The summed E-state index contributed by atoms with van der Waals surface area (Å²) >= 11 is 6.02. The second-order valence-corrected chi connectivity index (χ2v) is 5.52. The SMILES string of the molecule is COC(=O)C1(C(=O)c2ccccc2)CCn2cc(Cl)cc21. The van der Waals surface area contributed by atoms with Crippen LogP contribution in [0.2, 0.25) is 5.02 Å². The number of aromatic nitrogens is 1. The first-order valence-corrected chi connectivity index (χ1v) is 7.02. The zero-order valence-corrected chi connectivity index (χ0v) is 12.3. The van der Waals surface area contributed by atoms with Crippen LogP contribution in [-0.2, 0) is 21.5 Å². The summed E-state index contributed by atoms with van der Waals surface area (Å²) in [7, 11) is 1.30. The summed E-state index contributed by atoms with van der Waals surface area (Å²) in [6.45, 7) is 0.565. The predicted octanol–water partition coefficient (Wildman–Crippen LogP) is 2.84. The maximum absolute atomic E-state index is 13.0. The van der Waals surface area contributed by atoms with Gasteiger partial charge in [0.1, 0.15) is 0 Å². The Kier molecular flexibility index (Phi) is 3.33. The minimum Gasteiger partial charge on any atom is -0.468 e. The van der Waals surface area contributed by atoms with Crippen molar-refractivity contribution in [2.45, 2.75) is 18.4 Å². The normalized spacial score (nSPS) is 20.1. The molecule has 0 saturated heterocycles. The molecule has 5 heteroatoms. The lowest BCUT2D eigenvalue weighted by Gasteiger charge is -2.24. The fourth-order valence-corrected chi connectivity index (χ4v) is 3.20. The number of benzene rings is 1. The Bertz CT molecular complexity index is 708. The van der Waals surface area contributed by atoms with Gasteiger partial charge in [-0.2, -0.15) is 0 Å². The molecule has 0 N–H and O–H groups in total. The molecule has 108 valence electrons. The highest BCUT2D eigenvalue weighted by molar-refractivity contribution is 6.31. The molecule has 2 heterocycles. The van der Waals surface area contributed by atoms with Gasteiger partial charge >= 0.3 is 5.97 Å². The molecule has 1 aliphatic heterocycles. The summed E-state index contributed by atoms with van der Waals surface area (Å²) in [5.74, 6) is -0.784. The summed E-state index contributed by atoms with van der Waals surface area (Å²) in [5, 5.41) is 0.513. The molecule has 1 aromatic carbocycles. The molecular formula is C16H14ClNO3. The van der Waals surface area contributed by atoms with Gasteiger partial charge in [0, 0.05) is 24.0 Å². The van der Waals surface area contributed by atoms with Gasteiger partial charge in [0.2, 0.25) is 0 Å². The lowest BCUT2D eigenvalue weighted by molar-refractivity contribution is -0.145. The van der Waals surface area contributed by atoms with E-state index in [2.05, 4.69) is 0 Å². The third kappa shape index (κ3) is 1.98. The molecule has 1 atom stereocenters. The molecule has 0 amide bonds. The number of hydrogen-bond donors (Lipinski definition) is 0. The van der Waals surface area contributed by atoms with Crippen LogP contribution in [0.5, 0.6) is 0 Å². The van der Waals surface area contributed by atoms with E-state index in [9.17, 15) is 9.59 Å². The average molecular weight is 304 g/mol. The Morgan fingerprint density at radius 1 is 1.29 bits per heavy atom. The van der Waals surface area contributed by atoms with Crippen LogP contribution in [0.3, 0.4) is 0 Å². The van der Waals surface area contributed by atoms with E-state index in [-0.39, 0.29) is 5.78 Å². The van der Waals surface area contributed by atoms with E-state index in [4.69, 9.17) is 16.3 Å². The van der Waals surface area contributed by atoms with Gasteiger partial charge in [-0.15, -0.1) is 0 Å². The molecule has 1 unspecified atom stereocenters. The Labute approximate surface area is 127 Å². The molecule has 0 spiro atoms. The van der Waals surface area contributed by atoms with Crippen LogP contribution in [0.25, 0.3) is 0 Å². The van der Waals surface area contributed by atoms with Gasteiger partial charge in [-0.3, -0.25) is 9.59 Å². The predicted molar refractivity (Wildman–Crippen MR) is 78.5 cm³/mol. The van der Waals surface area contributed by atoms with Crippen molar-refractivity contribution in [3.63, 3.8) is 0 Å². The Hall–Kier alpha value is -2.07. The number of carbonyl (C=O) groups excluding carboxylic acids is 2. The highest BCUT2D eigenvalue weighted by atomic mass is 35.5. The van der Waals surface area contributed by atoms with Crippen molar-refractivity contribution in [2.24, 2.45) is 0 Å². The van der Waals surface area contributed by atoms with Gasteiger partial charge in [0.25, 0.3) is 0 Å². The van der Waals surface area contributed by atoms with E-state index in [1.807, 2.05) is 10.6 Å². The quantitative estimate of drug-likeness (QED) is 0.498. The molecular weight excluding hydrogens is 290 g/mol. The first-order chi connectivity index (χ1) is 10.1. The topological polar surface area (TPSA) is 48.3 Å². The molecule has 4 nitrogen and oxygen atoms in total. The lowest BCUT2D eigenvalue weighted by atomic mass is 9.76. The van der Waals surface area contributed by atoms with Crippen LogP contribution in [0.1, 0.15) is 22.5 Å². The van der Waals surface area contributed by atoms with Crippen LogP contribution < -0.4 is 0 Å². The highest BCUT2D eigenvalue weighted by Crippen LogP contribution is 2.41. The maximum atomic E-state index is 13.0. The summed E-state index contributed by atoms with van der Waals surface area (Å²) < 4.78 is 6.78. The fraction of sp³-hybridized carbons (Fsp3) is 0.250. The first kappa shape index (κ1) is 13.9. The largest absolute Gasteiger partial charge is 0.468 e. The van der Waals surface area contributed by atoms with Crippen molar-refractivity contribution in [1.82, 2.24) is 4.57 Å². The van der Waals surface area contributed by atoms with Gasteiger partial charge in [-0.05, 0) is 12.5 Å². The van der Waals surface area contributed by atoms with Crippen molar-refractivity contribution in [3.8, 4) is 0 Å². The minimum atomic E-state index is -1.30. The van der Waals surface area contributed by atoms with E-state index in [1.165, 1.54) is 7.11 Å². The second-order valence-electron chi connectivity index (χ2n) is 5.08. The summed E-state index contributed by atoms with van der Waals surface area (Å²) in [6, 6.07) is 10.5. The van der Waals surface area contributed by atoms with E-state index in [1.54, 1.807) is 36.5 Å². The molecule has 3 rings (SSSR count). The van der Waals surface area contributed by atoms with Crippen LogP contribution >= 0.6 is 11.6 Å². The zero-order chi connectivity index (χ0) is 15.0. The number of hydrogen-bond acceptors (Lipinski definition) is 3. The Balaban J connectivity index is 2.16. The van der Waals surface area contributed by atoms with Crippen molar-refractivity contribution < 1.29 is 14.3 Å². The van der Waals surface area contributed by atoms with E-state index in [0.717, 1.165) is 0 Å². The maximum Gasteiger partial charge on any atom is 0.325 e. The van der Waals surface area contributed by atoms with Crippen LogP contribution in [0.15, 0.2) is 42.6 Å². The number of fused-ring (bicyclic) bond motifs is 1. The smallest absolute Gasteiger partial charge is 0.325 e. The molecule has 1 aromatic heterocycles.